The number of aromatic nitrogens is 1. The van der Waals surface area contributed by atoms with Crippen LogP contribution in [0.25, 0.3) is 0 Å². The minimum absolute atomic E-state index is 0.0324. The van der Waals surface area contributed by atoms with E-state index in [1.807, 2.05) is 4.90 Å². The first kappa shape index (κ1) is 32.6. The number of aliphatic hydroxyl groups is 1. The first-order chi connectivity index (χ1) is 19.5. The molecule has 3 heterocycles. The summed E-state index contributed by atoms with van der Waals surface area (Å²) >= 11 is 1.22. The van der Waals surface area contributed by atoms with Gasteiger partial charge in [-0.15, -0.1) is 11.8 Å². The molecule has 0 aliphatic carbocycles. The molecule has 1 aromatic carbocycles. The lowest BCUT2D eigenvalue weighted by atomic mass is 9.95. The summed E-state index contributed by atoms with van der Waals surface area (Å²) in [5.74, 6) is -0.336. The van der Waals surface area contributed by atoms with Crippen molar-refractivity contribution in [2.45, 2.75) is 49.6 Å². The largest absolute Gasteiger partial charge is 0.421 e. The fraction of sp³-hybridized carbons (Fsp3) is 0.519. The van der Waals surface area contributed by atoms with Crippen molar-refractivity contribution in [2.24, 2.45) is 5.92 Å². The van der Waals surface area contributed by atoms with Crippen LogP contribution < -0.4 is 9.21 Å². The van der Waals surface area contributed by atoms with Gasteiger partial charge < -0.3 is 10.0 Å². The van der Waals surface area contributed by atoms with Crippen LogP contribution in [0.4, 0.5) is 24.5 Å². The smallest absolute Gasteiger partial charge is 0.376 e. The van der Waals surface area contributed by atoms with Crippen LogP contribution in [0.3, 0.4) is 0 Å². The van der Waals surface area contributed by atoms with Crippen LogP contribution in [-0.4, -0.2) is 80.0 Å². The Labute approximate surface area is 249 Å². The number of pyridine rings is 1. The molecule has 1 saturated heterocycles. The molecule has 42 heavy (non-hydrogen) atoms. The van der Waals surface area contributed by atoms with Gasteiger partial charge in [0.15, 0.2) is 5.60 Å². The molecule has 15 heteroatoms. The van der Waals surface area contributed by atoms with Crippen molar-refractivity contribution in [3.05, 3.63) is 65.8 Å². The second-order valence-corrected chi connectivity index (χ2v) is 16.4. The van der Waals surface area contributed by atoms with Crippen molar-refractivity contribution in [3.8, 4) is 0 Å². The van der Waals surface area contributed by atoms with Gasteiger partial charge in [-0.3, -0.25) is 9.29 Å². The third kappa shape index (κ3) is 6.90. The summed E-state index contributed by atoms with van der Waals surface area (Å²) in [6.07, 6.45) is 0.208. The number of allylic oxidation sites excluding steroid dienone is 1. The molecule has 3 atom stereocenters. The number of hydrogen-bond donors (Lipinski definition) is 1. The lowest BCUT2D eigenvalue weighted by Gasteiger charge is -2.44. The van der Waals surface area contributed by atoms with Crippen LogP contribution in [0.2, 0.25) is 0 Å². The SMILES string of the molecule is CC(C)CS(=O)(=O)N(C[C@H]1CN(S(=O)(=O)C2CC=CS2)CCN1c1ccc([C@](C)(O)C(F)(F)F)cc1)c1cccnc1. The molecule has 0 radical (unpaired) electrons. The molecule has 2 aliphatic rings. The molecular formula is C27H35F3N4O5S3. The summed E-state index contributed by atoms with van der Waals surface area (Å²) in [5, 5.41) is 11.9. The van der Waals surface area contributed by atoms with Crippen LogP contribution in [0, 0.1) is 5.92 Å². The van der Waals surface area contributed by atoms with Gasteiger partial charge in [0.25, 0.3) is 0 Å². The Morgan fingerprint density at radius 2 is 1.81 bits per heavy atom. The van der Waals surface area contributed by atoms with Crippen LogP contribution in [0.1, 0.15) is 32.8 Å². The Kier molecular flexibility index (Phi) is 9.58. The van der Waals surface area contributed by atoms with E-state index >= 15 is 0 Å². The standard InChI is InChI=1S/C27H35F3N4O5S3/c1-20(2)19-41(36,37)34(23-6-4-12-31-16-23)18-24-17-32(42(38,39)25-7-5-15-40-25)13-14-33(24)22-10-8-21(9-11-22)26(3,35)27(28,29)30/h4-6,8-12,15-16,20,24-25,35H,7,13-14,17-19H2,1-3H3/t24-,25?,26+/m1/s1. The molecule has 2 aromatic rings. The van der Waals surface area contributed by atoms with E-state index in [1.54, 1.807) is 37.5 Å². The van der Waals surface area contributed by atoms with Gasteiger partial charge in [0.1, 0.15) is 4.58 Å². The molecule has 9 nitrogen and oxygen atoms in total. The highest BCUT2D eigenvalue weighted by molar-refractivity contribution is 8.14. The molecule has 1 N–H and O–H groups in total. The number of anilines is 2. The zero-order valence-electron chi connectivity index (χ0n) is 23.5. The molecule has 1 unspecified atom stereocenters. The molecule has 2 aliphatic heterocycles. The lowest BCUT2D eigenvalue weighted by molar-refractivity contribution is -0.258. The summed E-state index contributed by atoms with van der Waals surface area (Å²) in [6.45, 7) is 4.38. The average molecular weight is 649 g/mol. The van der Waals surface area contributed by atoms with Gasteiger partial charge in [0.05, 0.1) is 30.2 Å². The van der Waals surface area contributed by atoms with Crippen molar-refractivity contribution < 1.29 is 35.1 Å². The summed E-state index contributed by atoms with van der Waals surface area (Å²) in [4.78, 5) is 5.89. The molecule has 0 bridgehead atoms. The molecule has 4 rings (SSSR count). The summed E-state index contributed by atoms with van der Waals surface area (Å²) in [5.41, 5.74) is -2.61. The molecule has 0 spiro atoms. The molecule has 0 saturated carbocycles. The van der Waals surface area contributed by atoms with Gasteiger partial charge in [-0.2, -0.15) is 17.5 Å². The van der Waals surface area contributed by atoms with E-state index in [0.717, 1.165) is 0 Å². The Morgan fingerprint density at radius 3 is 2.36 bits per heavy atom. The van der Waals surface area contributed by atoms with Crippen molar-refractivity contribution in [1.82, 2.24) is 9.29 Å². The Morgan fingerprint density at radius 1 is 1.12 bits per heavy atom. The Hall–Kier alpha value is -2.33. The number of hydrogen-bond acceptors (Lipinski definition) is 8. The van der Waals surface area contributed by atoms with E-state index in [4.69, 9.17) is 0 Å². The number of piperazine rings is 1. The predicted molar refractivity (Wildman–Crippen MR) is 159 cm³/mol. The highest BCUT2D eigenvalue weighted by atomic mass is 32.3. The van der Waals surface area contributed by atoms with Gasteiger partial charge in [-0.1, -0.05) is 32.1 Å². The van der Waals surface area contributed by atoms with Gasteiger partial charge in [-0.05, 0) is 54.5 Å². The quantitative estimate of drug-likeness (QED) is 0.410. The monoisotopic (exact) mass is 648 g/mol. The predicted octanol–water partition coefficient (Wildman–Crippen LogP) is 4.14. The maximum Gasteiger partial charge on any atom is 0.421 e. The summed E-state index contributed by atoms with van der Waals surface area (Å²) in [7, 11) is -7.59. The maximum absolute atomic E-state index is 13.6. The van der Waals surface area contributed by atoms with Crippen LogP contribution >= 0.6 is 11.8 Å². The minimum atomic E-state index is -4.89. The van der Waals surface area contributed by atoms with E-state index in [2.05, 4.69) is 4.98 Å². The normalized spacial score (nSPS) is 22.0. The van der Waals surface area contributed by atoms with Crippen LogP contribution in [0.15, 0.2) is 60.3 Å². The third-order valence-corrected chi connectivity index (χ3v) is 13.2. The van der Waals surface area contributed by atoms with E-state index in [9.17, 15) is 35.1 Å². The summed E-state index contributed by atoms with van der Waals surface area (Å²) in [6, 6.07) is 7.75. The van der Waals surface area contributed by atoms with Gasteiger partial charge >= 0.3 is 6.18 Å². The molecule has 1 fully saturated rings. The van der Waals surface area contributed by atoms with Crippen molar-refractivity contribution in [3.63, 3.8) is 0 Å². The molecule has 1 aromatic heterocycles. The van der Waals surface area contributed by atoms with Crippen LogP contribution in [-0.2, 0) is 25.6 Å². The number of halogens is 3. The minimum Gasteiger partial charge on any atom is -0.376 e. The van der Waals surface area contributed by atoms with Gasteiger partial charge in [0, 0.05) is 31.5 Å². The molecule has 0 amide bonds. The first-order valence-electron chi connectivity index (χ1n) is 13.4. The number of thioether (sulfide) groups is 1. The van der Waals surface area contributed by atoms with E-state index < -0.39 is 42.4 Å². The second-order valence-electron chi connectivity index (χ2n) is 11.0. The number of sulfonamides is 2. The topological polar surface area (TPSA) is 111 Å². The zero-order valence-corrected chi connectivity index (χ0v) is 25.9. The Balaban J connectivity index is 1.72. The fourth-order valence-corrected chi connectivity index (χ4v) is 9.99. The van der Waals surface area contributed by atoms with E-state index in [0.29, 0.717) is 24.7 Å². The van der Waals surface area contributed by atoms with Crippen molar-refractivity contribution in [1.29, 1.82) is 0 Å². The zero-order chi connectivity index (χ0) is 30.9. The van der Waals surface area contributed by atoms with Gasteiger partial charge in [-0.25, -0.2) is 16.8 Å². The van der Waals surface area contributed by atoms with Gasteiger partial charge in [0.2, 0.25) is 20.0 Å². The molecular weight excluding hydrogens is 614 g/mol. The highest BCUT2D eigenvalue weighted by Gasteiger charge is 2.51. The summed E-state index contributed by atoms with van der Waals surface area (Å²) < 4.78 is 96.4. The van der Waals surface area contributed by atoms with Crippen molar-refractivity contribution in [2.75, 3.05) is 41.1 Å². The Bertz CT molecular complexity index is 1460. The van der Waals surface area contributed by atoms with Crippen molar-refractivity contribution >= 4 is 43.2 Å². The third-order valence-electron chi connectivity index (χ3n) is 7.30. The fourth-order valence-electron chi connectivity index (χ4n) is 5.00. The average Bonchev–Trinajstić information content (AvgIpc) is 3.47. The number of alkyl halides is 3. The first-order valence-corrected chi connectivity index (χ1v) is 17.5. The second kappa shape index (κ2) is 12.3. The number of nitrogens with zero attached hydrogens (tertiary/aromatic N) is 4. The number of rotatable bonds is 10. The van der Waals surface area contributed by atoms with Crippen LogP contribution in [0.5, 0.6) is 0 Å². The lowest BCUT2D eigenvalue weighted by Crippen LogP contribution is -2.60. The number of benzene rings is 1. The van der Waals surface area contributed by atoms with E-state index in [1.165, 1.54) is 57.0 Å². The molecule has 232 valence electrons. The maximum atomic E-state index is 13.6. The van der Waals surface area contributed by atoms with E-state index in [-0.39, 0.29) is 43.4 Å². The highest BCUT2D eigenvalue weighted by Crippen LogP contribution is 2.39.